The largest absolute Gasteiger partial charge is 0.497 e. The van der Waals surface area contributed by atoms with Crippen molar-refractivity contribution in [3.63, 3.8) is 0 Å². The Morgan fingerprint density at radius 2 is 1.96 bits per heavy atom. The standard InChI is InChI=1S/C19H15BrN2O5S/c1-26-14-5-3-13(4-6-14)21-17(23)10-27-15-7-2-12(20)8-11(15)9-16-18(24)22-19(25)28-16/h2-9H,10H2,1H3,(H,21,23)(H,22,24,25)/b16-9-. The Morgan fingerprint density at radius 3 is 2.61 bits per heavy atom. The summed E-state index contributed by atoms with van der Waals surface area (Å²) in [4.78, 5) is 35.5. The van der Waals surface area contributed by atoms with Gasteiger partial charge in [0.25, 0.3) is 17.1 Å². The van der Waals surface area contributed by atoms with Crippen LogP contribution in [0.1, 0.15) is 5.56 Å². The molecule has 9 heteroatoms. The van der Waals surface area contributed by atoms with Crippen molar-refractivity contribution < 1.29 is 23.9 Å². The average molecular weight is 463 g/mol. The molecule has 3 rings (SSSR count). The van der Waals surface area contributed by atoms with Crippen molar-refractivity contribution in [3.05, 3.63) is 57.4 Å². The quantitative estimate of drug-likeness (QED) is 0.634. The van der Waals surface area contributed by atoms with Gasteiger partial charge in [0, 0.05) is 15.7 Å². The van der Waals surface area contributed by atoms with Crippen molar-refractivity contribution >= 4 is 56.5 Å². The Balaban J connectivity index is 1.68. The maximum atomic E-state index is 12.2. The van der Waals surface area contributed by atoms with Crippen LogP contribution in [0.5, 0.6) is 11.5 Å². The van der Waals surface area contributed by atoms with E-state index in [1.165, 1.54) is 0 Å². The Bertz CT molecular complexity index is 959. The number of methoxy groups -OCH3 is 1. The van der Waals surface area contributed by atoms with Crippen LogP contribution in [0.3, 0.4) is 0 Å². The number of anilines is 1. The Kier molecular flexibility index (Phi) is 6.37. The van der Waals surface area contributed by atoms with E-state index < -0.39 is 11.1 Å². The van der Waals surface area contributed by atoms with Crippen LogP contribution in [-0.2, 0) is 9.59 Å². The lowest BCUT2D eigenvalue weighted by Gasteiger charge is -2.11. The molecule has 0 unspecified atom stereocenters. The number of thioether (sulfide) groups is 1. The number of carbonyl (C=O) groups excluding carboxylic acids is 3. The molecule has 1 heterocycles. The second-order valence-electron chi connectivity index (χ2n) is 5.60. The first-order chi connectivity index (χ1) is 13.4. The number of halogens is 1. The number of carbonyl (C=O) groups is 3. The van der Waals surface area contributed by atoms with Crippen LogP contribution in [0.25, 0.3) is 6.08 Å². The van der Waals surface area contributed by atoms with Crippen molar-refractivity contribution in [3.8, 4) is 11.5 Å². The summed E-state index contributed by atoms with van der Waals surface area (Å²) < 4.78 is 11.5. The third kappa shape index (κ3) is 5.14. The number of ether oxygens (including phenoxy) is 2. The third-order valence-electron chi connectivity index (χ3n) is 3.63. The number of rotatable bonds is 6. The zero-order valence-electron chi connectivity index (χ0n) is 14.7. The molecule has 1 fully saturated rings. The second-order valence-corrected chi connectivity index (χ2v) is 7.53. The highest BCUT2D eigenvalue weighted by atomic mass is 79.9. The first-order valence-electron chi connectivity index (χ1n) is 8.06. The van der Waals surface area contributed by atoms with Gasteiger partial charge in [-0.1, -0.05) is 15.9 Å². The van der Waals surface area contributed by atoms with E-state index in [-0.39, 0.29) is 17.4 Å². The van der Waals surface area contributed by atoms with Gasteiger partial charge >= 0.3 is 0 Å². The number of hydrogen-bond acceptors (Lipinski definition) is 6. The molecular formula is C19H15BrN2O5S. The minimum atomic E-state index is -0.460. The van der Waals surface area contributed by atoms with Gasteiger partial charge in [0.15, 0.2) is 6.61 Å². The highest BCUT2D eigenvalue weighted by Gasteiger charge is 2.25. The molecule has 1 saturated heterocycles. The van der Waals surface area contributed by atoms with Crippen LogP contribution >= 0.6 is 27.7 Å². The van der Waals surface area contributed by atoms with Gasteiger partial charge in [-0.3, -0.25) is 19.7 Å². The molecule has 0 spiro atoms. The van der Waals surface area contributed by atoms with Crippen molar-refractivity contribution in [2.75, 3.05) is 19.0 Å². The molecule has 0 bridgehead atoms. The number of hydrogen-bond donors (Lipinski definition) is 2. The predicted molar refractivity (Wildman–Crippen MR) is 110 cm³/mol. The molecule has 2 aromatic carbocycles. The maximum Gasteiger partial charge on any atom is 0.290 e. The summed E-state index contributed by atoms with van der Waals surface area (Å²) in [5, 5.41) is 4.50. The summed E-state index contributed by atoms with van der Waals surface area (Å²) in [6.45, 7) is -0.220. The predicted octanol–water partition coefficient (Wildman–Crippen LogP) is 3.80. The minimum Gasteiger partial charge on any atom is -0.497 e. The number of amides is 3. The van der Waals surface area contributed by atoms with Gasteiger partial charge in [-0.15, -0.1) is 0 Å². The highest BCUT2D eigenvalue weighted by molar-refractivity contribution is 9.10. The van der Waals surface area contributed by atoms with Gasteiger partial charge in [-0.05, 0) is 60.3 Å². The SMILES string of the molecule is COc1ccc(NC(=O)COc2ccc(Br)cc2/C=C2\SC(=O)NC2=O)cc1. The lowest BCUT2D eigenvalue weighted by Crippen LogP contribution is -2.20. The molecular weight excluding hydrogens is 448 g/mol. The van der Waals surface area contributed by atoms with Gasteiger partial charge in [0.05, 0.1) is 12.0 Å². The smallest absolute Gasteiger partial charge is 0.290 e. The van der Waals surface area contributed by atoms with Crippen LogP contribution in [0, 0.1) is 0 Å². The lowest BCUT2D eigenvalue weighted by molar-refractivity contribution is -0.118. The number of nitrogens with one attached hydrogen (secondary N) is 2. The molecule has 3 amide bonds. The summed E-state index contributed by atoms with van der Waals surface area (Å²) in [6.07, 6.45) is 1.55. The first kappa shape index (κ1) is 20.0. The monoisotopic (exact) mass is 462 g/mol. The Morgan fingerprint density at radius 1 is 1.21 bits per heavy atom. The van der Waals surface area contributed by atoms with Crippen LogP contribution in [0.15, 0.2) is 51.8 Å². The van der Waals surface area contributed by atoms with Crippen molar-refractivity contribution in [2.24, 2.45) is 0 Å². The number of imide groups is 1. The highest BCUT2D eigenvalue weighted by Crippen LogP contribution is 2.31. The number of benzene rings is 2. The fraction of sp³-hybridized carbons (Fsp3) is 0.105. The normalized spacial score (nSPS) is 14.7. The fourth-order valence-corrected chi connectivity index (χ4v) is 3.39. The third-order valence-corrected chi connectivity index (χ3v) is 4.94. The minimum absolute atomic E-state index is 0.220. The van der Waals surface area contributed by atoms with Gasteiger partial charge in [0.2, 0.25) is 0 Å². The summed E-state index contributed by atoms with van der Waals surface area (Å²) in [6, 6.07) is 12.1. The molecule has 0 aromatic heterocycles. The molecule has 0 radical (unpaired) electrons. The van der Waals surface area contributed by atoms with Crippen LogP contribution in [0.4, 0.5) is 10.5 Å². The second kappa shape index (κ2) is 8.94. The molecule has 144 valence electrons. The van der Waals surface area contributed by atoms with Crippen molar-refractivity contribution in [2.45, 2.75) is 0 Å². The van der Waals surface area contributed by atoms with Gasteiger partial charge in [0.1, 0.15) is 11.5 Å². The summed E-state index contributed by atoms with van der Waals surface area (Å²) in [5.41, 5.74) is 1.18. The molecule has 1 aliphatic heterocycles. The van der Waals surface area contributed by atoms with Gasteiger partial charge < -0.3 is 14.8 Å². The van der Waals surface area contributed by atoms with Gasteiger partial charge in [-0.2, -0.15) is 0 Å². The Labute approximate surface area is 173 Å². The van der Waals surface area contributed by atoms with E-state index in [0.29, 0.717) is 22.7 Å². The zero-order valence-corrected chi connectivity index (χ0v) is 17.1. The van der Waals surface area contributed by atoms with E-state index in [0.717, 1.165) is 16.2 Å². The first-order valence-corrected chi connectivity index (χ1v) is 9.66. The molecule has 0 atom stereocenters. The van der Waals surface area contributed by atoms with Crippen LogP contribution < -0.4 is 20.1 Å². The molecule has 2 N–H and O–H groups in total. The summed E-state index contributed by atoms with van der Waals surface area (Å²) in [5.74, 6) is 0.301. The van der Waals surface area contributed by atoms with E-state index in [9.17, 15) is 14.4 Å². The van der Waals surface area contributed by atoms with E-state index in [1.807, 2.05) is 0 Å². The topological polar surface area (TPSA) is 93.7 Å². The molecule has 1 aliphatic rings. The molecule has 0 saturated carbocycles. The molecule has 2 aromatic rings. The van der Waals surface area contributed by atoms with Crippen molar-refractivity contribution in [1.82, 2.24) is 5.32 Å². The van der Waals surface area contributed by atoms with E-state index in [4.69, 9.17) is 9.47 Å². The summed E-state index contributed by atoms with van der Waals surface area (Å²) >= 11 is 4.17. The lowest BCUT2D eigenvalue weighted by atomic mass is 10.2. The average Bonchev–Trinajstić information content (AvgIpc) is 2.98. The van der Waals surface area contributed by atoms with Crippen molar-refractivity contribution in [1.29, 1.82) is 0 Å². The molecule has 0 aliphatic carbocycles. The van der Waals surface area contributed by atoms with Gasteiger partial charge in [-0.25, -0.2) is 0 Å². The fourth-order valence-electron chi connectivity index (χ4n) is 2.34. The zero-order chi connectivity index (χ0) is 20.1. The van der Waals surface area contributed by atoms with E-state index in [1.54, 1.807) is 55.7 Å². The van der Waals surface area contributed by atoms with Crippen LogP contribution in [0.2, 0.25) is 0 Å². The summed E-state index contributed by atoms with van der Waals surface area (Å²) in [7, 11) is 1.57. The van der Waals surface area contributed by atoms with E-state index in [2.05, 4.69) is 26.6 Å². The van der Waals surface area contributed by atoms with Crippen LogP contribution in [-0.4, -0.2) is 30.8 Å². The van der Waals surface area contributed by atoms with E-state index >= 15 is 0 Å². The molecule has 28 heavy (non-hydrogen) atoms. The maximum absolute atomic E-state index is 12.2. The Hall–Kier alpha value is -2.78. The molecule has 7 nitrogen and oxygen atoms in total.